The molecule has 1 nitrogen and oxygen atoms in total. The van der Waals surface area contributed by atoms with E-state index in [2.05, 4.69) is 28.9 Å². The van der Waals surface area contributed by atoms with Crippen LogP contribution in [0.5, 0.6) is 0 Å². The lowest BCUT2D eigenvalue weighted by molar-refractivity contribution is 0.105. The highest BCUT2D eigenvalue weighted by atomic mass is 79.9. The van der Waals surface area contributed by atoms with E-state index in [0.717, 1.165) is 10.0 Å². The fraction of sp³-hybridized carbons (Fsp3) is 0.538. The Morgan fingerprint density at radius 3 is 2.67 bits per heavy atom. The smallest absolute Gasteiger partial charge is 0.0963 e. The largest absolute Gasteiger partial charge is 0.385 e. The second-order valence-corrected chi connectivity index (χ2v) is 5.74. The van der Waals surface area contributed by atoms with Gasteiger partial charge in [-0.05, 0) is 48.8 Å². The Labute approximate surface area is 98.6 Å². The first-order valence-corrected chi connectivity index (χ1v) is 6.43. The number of hydrogen-bond donors (Lipinski definition) is 1. The molecule has 2 atom stereocenters. The minimum Gasteiger partial charge on any atom is -0.385 e. The van der Waals surface area contributed by atoms with Crippen LogP contribution in [0.3, 0.4) is 0 Å². The molecule has 0 amide bonds. The van der Waals surface area contributed by atoms with Crippen molar-refractivity contribution >= 4 is 15.9 Å². The molecule has 0 aromatic heterocycles. The molecule has 2 fully saturated rings. The van der Waals surface area contributed by atoms with Crippen LogP contribution in [0.15, 0.2) is 22.7 Å². The standard InChI is InChI=1S/C13H15BrO/c1-8-9(4-3-7-12(8)14)13(15)10-5-2-6-11(10)13/h3-4,7,10-11,15H,2,5-6H2,1H3. The molecule has 0 radical (unpaired) electrons. The fourth-order valence-electron chi connectivity index (χ4n) is 3.36. The Morgan fingerprint density at radius 1 is 1.33 bits per heavy atom. The fourth-order valence-corrected chi connectivity index (χ4v) is 3.73. The van der Waals surface area contributed by atoms with Crippen LogP contribution in [0.2, 0.25) is 0 Å². The van der Waals surface area contributed by atoms with Crippen LogP contribution in [0, 0.1) is 18.8 Å². The third kappa shape index (κ3) is 1.18. The topological polar surface area (TPSA) is 20.2 Å². The number of fused-ring (bicyclic) bond motifs is 1. The quantitative estimate of drug-likeness (QED) is 0.827. The Balaban J connectivity index is 2.04. The molecule has 1 aromatic rings. The molecule has 2 aliphatic carbocycles. The van der Waals surface area contributed by atoms with Crippen molar-refractivity contribution < 1.29 is 5.11 Å². The van der Waals surface area contributed by atoms with E-state index in [9.17, 15) is 5.11 Å². The maximum Gasteiger partial charge on any atom is 0.0963 e. The minimum absolute atomic E-state index is 0.494. The second kappa shape index (κ2) is 3.08. The molecular weight excluding hydrogens is 252 g/mol. The van der Waals surface area contributed by atoms with Crippen LogP contribution in [0.1, 0.15) is 30.4 Å². The van der Waals surface area contributed by atoms with Crippen LogP contribution >= 0.6 is 15.9 Å². The van der Waals surface area contributed by atoms with Crippen molar-refractivity contribution in [2.45, 2.75) is 31.8 Å². The van der Waals surface area contributed by atoms with E-state index in [-0.39, 0.29) is 0 Å². The van der Waals surface area contributed by atoms with Crippen LogP contribution in [-0.4, -0.2) is 5.11 Å². The van der Waals surface area contributed by atoms with E-state index in [4.69, 9.17) is 0 Å². The molecule has 2 aliphatic rings. The van der Waals surface area contributed by atoms with Gasteiger partial charge in [-0.15, -0.1) is 0 Å². The third-order valence-electron chi connectivity index (χ3n) is 4.24. The van der Waals surface area contributed by atoms with E-state index >= 15 is 0 Å². The SMILES string of the molecule is Cc1c(Br)cccc1C1(O)C2CCCC21. The van der Waals surface area contributed by atoms with Gasteiger partial charge in [0.2, 0.25) is 0 Å². The van der Waals surface area contributed by atoms with Crippen molar-refractivity contribution in [2.75, 3.05) is 0 Å². The van der Waals surface area contributed by atoms with Crippen LogP contribution in [-0.2, 0) is 5.60 Å². The molecule has 2 heteroatoms. The summed E-state index contributed by atoms with van der Waals surface area (Å²) >= 11 is 3.53. The first-order chi connectivity index (χ1) is 7.15. The molecule has 0 heterocycles. The third-order valence-corrected chi connectivity index (χ3v) is 5.10. The highest BCUT2D eigenvalue weighted by Crippen LogP contribution is 2.66. The van der Waals surface area contributed by atoms with E-state index in [1.54, 1.807) is 0 Å². The first kappa shape index (κ1) is 9.86. The average Bonchev–Trinajstić information content (AvgIpc) is 2.67. The van der Waals surface area contributed by atoms with Crippen molar-refractivity contribution in [2.24, 2.45) is 11.8 Å². The highest BCUT2D eigenvalue weighted by Gasteiger charge is 2.66. The van der Waals surface area contributed by atoms with Gasteiger partial charge in [0.15, 0.2) is 0 Å². The van der Waals surface area contributed by atoms with Crippen molar-refractivity contribution in [3.63, 3.8) is 0 Å². The van der Waals surface area contributed by atoms with Crippen molar-refractivity contribution in [3.8, 4) is 0 Å². The van der Waals surface area contributed by atoms with Gasteiger partial charge in [0.25, 0.3) is 0 Å². The summed E-state index contributed by atoms with van der Waals surface area (Å²) in [5.41, 5.74) is 1.85. The van der Waals surface area contributed by atoms with E-state index in [0.29, 0.717) is 11.8 Å². The normalized spacial score (nSPS) is 37.8. The van der Waals surface area contributed by atoms with Crippen LogP contribution < -0.4 is 0 Å². The van der Waals surface area contributed by atoms with Crippen molar-refractivity contribution in [3.05, 3.63) is 33.8 Å². The molecule has 2 unspecified atom stereocenters. The number of aliphatic hydroxyl groups is 1. The van der Waals surface area contributed by atoms with Crippen molar-refractivity contribution in [1.82, 2.24) is 0 Å². The monoisotopic (exact) mass is 266 g/mol. The Morgan fingerprint density at radius 2 is 2.00 bits per heavy atom. The lowest BCUT2D eigenvalue weighted by atomic mass is 9.95. The molecule has 1 aromatic carbocycles. The lowest BCUT2D eigenvalue weighted by Gasteiger charge is -2.18. The highest BCUT2D eigenvalue weighted by molar-refractivity contribution is 9.10. The summed E-state index contributed by atoms with van der Waals surface area (Å²) in [5, 5.41) is 10.7. The maximum absolute atomic E-state index is 10.7. The summed E-state index contributed by atoms with van der Waals surface area (Å²) < 4.78 is 1.11. The summed E-state index contributed by atoms with van der Waals surface area (Å²) in [6, 6.07) is 6.15. The first-order valence-electron chi connectivity index (χ1n) is 5.63. The van der Waals surface area contributed by atoms with Gasteiger partial charge in [0.1, 0.15) is 0 Å². The van der Waals surface area contributed by atoms with Crippen molar-refractivity contribution in [1.29, 1.82) is 0 Å². The zero-order valence-electron chi connectivity index (χ0n) is 8.83. The van der Waals surface area contributed by atoms with Gasteiger partial charge in [0.05, 0.1) is 5.60 Å². The van der Waals surface area contributed by atoms with Gasteiger partial charge < -0.3 is 5.11 Å². The molecule has 15 heavy (non-hydrogen) atoms. The van der Waals surface area contributed by atoms with Gasteiger partial charge in [-0.3, -0.25) is 0 Å². The van der Waals surface area contributed by atoms with Gasteiger partial charge >= 0.3 is 0 Å². The molecule has 0 bridgehead atoms. The maximum atomic E-state index is 10.7. The van der Waals surface area contributed by atoms with Gasteiger partial charge in [0, 0.05) is 4.47 Å². The van der Waals surface area contributed by atoms with Gasteiger partial charge in [-0.25, -0.2) is 0 Å². The zero-order valence-corrected chi connectivity index (χ0v) is 10.4. The summed E-state index contributed by atoms with van der Waals surface area (Å²) in [5.74, 6) is 1.07. The number of rotatable bonds is 1. The Bertz CT molecular complexity index is 403. The summed E-state index contributed by atoms with van der Waals surface area (Å²) in [6.07, 6.45) is 3.70. The predicted molar refractivity (Wildman–Crippen MR) is 63.6 cm³/mol. The second-order valence-electron chi connectivity index (χ2n) is 4.88. The van der Waals surface area contributed by atoms with Gasteiger partial charge in [-0.2, -0.15) is 0 Å². The van der Waals surface area contributed by atoms with Gasteiger partial charge in [-0.1, -0.05) is 34.5 Å². The van der Waals surface area contributed by atoms with E-state index in [1.165, 1.54) is 24.8 Å². The zero-order chi connectivity index (χ0) is 10.6. The number of hydrogen-bond acceptors (Lipinski definition) is 1. The number of halogens is 1. The minimum atomic E-state index is -0.494. The molecule has 0 saturated heterocycles. The summed E-state index contributed by atoms with van der Waals surface area (Å²) in [7, 11) is 0. The molecule has 0 aliphatic heterocycles. The predicted octanol–water partition coefficient (Wildman–Crippen LogP) is 3.38. The number of benzene rings is 1. The summed E-state index contributed by atoms with van der Waals surface area (Å²) in [6.45, 7) is 2.09. The molecule has 1 N–H and O–H groups in total. The molecule has 80 valence electrons. The van der Waals surface area contributed by atoms with Crippen LogP contribution in [0.4, 0.5) is 0 Å². The average molecular weight is 267 g/mol. The molecule has 0 spiro atoms. The summed E-state index contributed by atoms with van der Waals surface area (Å²) in [4.78, 5) is 0. The van der Waals surface area contributed by atoms with E-state index < -0.39 is 5.60 Å². The van der Waals surface area contributed by atoms with E-state index in [1.807, 2.05) is 12.1 Å². The lowest BCUT2D eigenvalue weighted by Crippen LogP contribution is -2.14. The molecule has 3 rings (SSSR count). The Hall–Kier alpha value is -0.340. The Kier molecular flexibility index (Phi) is 2.02. The molecule has 2 saturated carbocycles. The van der Waals surface area contributed by atoms with Crippen LogP contribution in [0.25, 0.3) is 0 Å². The molecular formula is C13H15BrO.